The summed E-state index contributed by atoms with van der Waals surface area (Å²) in [5.74, 6) is -1.09. The predicted molar refractivity (Wildman–Crippen MR) is 91.7 cm³/mol. The minimum atomic E-state index is -0.821. The largest absolute Gasteiger partial charge is 0.348 e. The highest BCUT2D eigenvalue weighted by molar-refractivity contribution is 6.58. The SMILES string of the molecule is [B]C(=O)CNC(=O)[C@H](CCCCN(C)C)NC(=O)[C@@H](NO)C(C)C. The number of carbonyl (C=O) groups excluding carboxylic acids is 3. The third-order valence-electron chi connectivity index (χ3n) is 3.51. The van der Waals surface area contributed by atoms with Gasteiger partial charge in [-0.05, 0) is 45.8 Å². The number of hydrogen-bond donors (Lipinski definition) is 4. The molecule has 0 aromatic heterocycles. The molecule has 0 rings (SSSR count). The summed E-state index contributed by atoms with van der Waals surface area (Å²) in [7, 11) is 8.93. The molecule has 9 heteroatoms. The maximum Gasteiger partial charge on any atom is 0.242 e. The van der Waals surface area contributed by atoms with Crippen LogP contribution < -0.4 is 16.1 Å². The first-order valence-electron chi connectivity index (χ1n) is 8.09. The highest BCUT2D eigenvalue weighted by Gasteiger charge is 2.26. The van der Waals surface area contributed by atoms with Crippen molar-refractivity contribution in [2.24, 2.45) is 5.92 Å². The first-order valence-corrected chi connectivity index (χ1v) is 8.09. The van der Waals surface area contributed by atoms with E-state index in [1.165, 1.54) is 0 Å². The molecule has 136 valence electrons. The van der Waals surface area contributed by atoms with Gasteiger partial charge in [0.25, 0.3) is 0 Å². The fraction of sp³-hybridized carbons (Fsp3) is 0.800. The van der Waals surface area contributed by atoms with E-state index >= 15 is 0 Å². The molecule has 2 amide bonds. The number of nitrogens with one attached hydrogen (secondary N) is 3. The molecule has 8 nitrogen and oxygen atoms in total. The van der Waals surface area contributed by atoms with Gasteiger partial charge >= 0.3 is 0 Å². The normalized spacial score (nSPS) is 13.6. The molecule has 0 aliphatic rings. The first-order chi connectivity index (χ1) is 11.2. The molecule has 0 saturated heterocycles. The molecule has 2 atom stereocenters. The Bertz CT molecular complexity index is 418. The van der Waals surface area contributed by atoms with Gasteiger partial charge in [0.2, 0.25) is 11.8 Å². The number of hydrogen-bond acceptors (Lipinski definition) is 6. The summed E-state index contributed by atoms with van der Waals surface area (Å²) in [5, 5.41) is 14.1. The van der Waals surface area contributed by atoms with E-state index in [4.69, 9.17) is 13.1 Å². The Kier molecular flexibility index (Phi) is 11.3. The molecule has 0 unspecified atom stereocenters. The van der Waals surface area contributed by atoms with E-state index in [1.54, 1.807) is 13.8 Å². The van der Waals surface area contributed by atoms with E-state index in [2.05, 4.69) is 10.6 Å². The molecule has 0 aliphatic heterocycles. The molecule has 24 heavy (non-hydrogen) atoms. The van der Waals surface area contributed by atoms with Gasteiger partial charge in [-0.15, -0.1) is 0 Å². The van der Waals surface area contributed by atoms with Crippen LogP contribution in [0.2, 0.25) is 0 Å². The second kappa shape index (κ2) is 12.0. The van der Waals surface area contributed by atoms with E-state index in [9.17, 15) is 14.4 Å². The number of hydroxylamine groups is 1. The molecule has 0 saturated carbocycles. The third kappa shape index (κ3) is 9.64. The monoisotopic (exact) mass is 340 g/mol. The lowest BCUT2D eigenvalue weighted by molar-refractivity contribution is -0.132. The van der Waals surface area contributed by atoms with E-state index in [1.807, 2.05) is 24.5 Å². The second-order valence-corrected chi connectivity index (χ2v) is 6.40. The number of unbranched alkanes of at least 4 members (excludes halogenated alkanes) is 1. The standard InChI is InChI=1S/C15H29BN4O4/c1-10(2)13(19-24)15(23)18-11(7-5-6-8-20(3)4)14(22)17-9-12(16)21/h10-11,13,19,24H,5-9H2,1-4H3,(H,17,22)(H,18,23)/t11-,13-/m0/s1. The van der Waals surface area contributed by atoms with Crippen molar-refractivity contribution in [3.8, 4) is 0 Å². The van der Waals surface area contributed by atoms with E-state index < -0.39 is 29.6 Å². The summed E-state index contributed by atoms with van der Waals surface area (Å²) in [5.41, 5.74) is 1.30. The Hall–Kier alpha value is -1.45. The smallest absolute Gasteiger partial charge is 0.242 e. The summed E-state index contributed by atoms with van der Waals surface area (Å²) in [4.78, 5) is 37.2. The fourth-order valence-corrected chi connectivity index (χ4v) is 2.11. The third-order valence-corrected chi connectivity index (χ3v) is 3.51. The van der Waals surface area contributed by atoms with Gasteiger partial charge in [-0.25, -0.2) is 0 Å². The zero-order valence-electron chi connectivity index (χ0n) is 15.0. The van der Waals surface area contributed by atoms with Crippen LogP contribution in [0.15, 0.2) is 0 Å². The molecule has 0 fully saturated rings. The molecule has 0 aliphatic carbocycles. The molecule has 4 N–H and O–H groups in total. The highest BCUT2D eigenvalue weighted by atomic mass is 16.5. The zero-order valence-corrected chi connectivity index (χ0v) is 15.0. The Balaban J connectivity index is 4.74. The maximum absolute atomic E-state index is 12.2. The lowest BCUT2D eigenvalue weighted by atomic mass is 10.0. The van der Waals surface area contributed by atoms with Crippen molar-refractivity contribution in [1.29, 1.82) is 0 Å². The van der Waals surface area contributed by atoms with Crippen LogP contribution in [0.25, 0.3) is 0 Å². The quantitative estimate of drug-likeness (QED) is 0.206. The Morgan fingerprint density at radius 2 is 1.75 bits per heavy atom. The second-order valence-electron chi connectivity index (χ2n) is 6.40. The molecular weight excluding hydrogens is 311 g/mol. The van der Waals surface area contributed by atoms with Crippen LogP contribution in [0.5, 0.6) is 0 Å². The van der Waals surface area contributed by atoms with Gasteiger partial charge in [0, 0.05) is 0 Å². The van der Waals surface area contributed by atoms with Crippen molar-refractivity contribution in [3.05, 3.63) is 0 Å². The minimum absolute atomic E-state index is 0.155. The van der Waals surface area contributed by atoms with Crippen molar-refractivity contribution in [2.75, 3.05) is 27.2 Å². The predicted octanol–water partition coefficient (Wildman–Crippen LogP) is -0.982. The Morgan fingerprint density at radius 1 is 1.12 bits per heavy atom. The average Bonchev–Trinajstić information content (AvgIpc) is 2.47. The van der Waals surface area contributed by atoms with Crippen molar-refractivity contribution >= 4 is 25.3 Å². The summed E-state index contributed by atoms with van der Waals surface area (Å²) >= 11 is 0. The van der Waals surface area contributed by atoms with Gasteiger partial charge in [0.05, 0.1) is 12.2 Å². The van der Waals surface area contributed by atoms with Crippen LogP contribution >= 0.6 is 0 Å². The first kappa shape index (κ1) is 22.6. The lowest BCUT2D eigenvalue weighted by Crippen LogP contribution is -2.54. The van der Waals surface area contributed by atoms with Crippen molar-refractivity contribution < 1.29 is 19.6 Å². The van der Waals surface area contributed by atoms with E-state index in [0.717, 1.165) is 19.4 Å². The summed E-state index contributed by atoms with van der Waals surface area (Å²) in [6, 6.07) is -1.60. The highest BCUT2D eigenvalue weighted by Crippen LogP contribution is 2.06. The minimum Gasteiger partial charge on any atom is -0.348 e. The molecule has 0 bridgehead atoms. The van der Waals surface area contributed by atoms with Crippen LogP contribution in [0.3, 0.4) is 0 Å². The summed E-state index contributed by atoms with van der Waals surface area (Å²) in [6.45, 7) is 4.13. The van der Waals surface area contributed by atoms with Gasteiger partial charge < -0.3 is 25.5 Å². The molecule has 0 heterocycles. The van der Waals surface area contributed by atoms with E-state index in [-0.39, 0.29) is 12.5 Å². The van der Waals surface area contributed by atoms with Crippen molar-refractivity contribution in [1.82, 2.24) is 21.0 Å². The summed E-state index contributed by atoms with van der Waals surface area (Å²) in [6.07, 6.45) is 2.03. The van der Waals surface area contributed by atoms with Gasteiger partial charge in [-0.3, -0.25) is 9.59 Å². The molecular formula is C15H29BN4O4. The number of carbonyl (C=O) groups is 3. The molecule has 0 aromatic rings. The average molecular weight is 340 g/mol. The Labute approximate surface area is 145 Å². The van der Waals surface area contributed by atoms with Crippen LogP contribution in [0.1, 0.15) is 33.1 Å². The van der Waals surface area contributed by atoms with Gasteiger partial charge in [-0.1, -0.05) is 13.8 Å². The number of amides is 2. The van der Waals surface area contributed by atoms with Gasteiger partial charge in [0.15, 0.2) is 7.85 Å². The number of nitrogens with zero attached hydrogens (tertiary/aromatic N) is 1. The maximum atomic E-state index is 12.2. The van der Waals surface area contributed by atoms with E-state index in [0.29, 0.717) is 6.42 Å². The molecule has 0 spiro atoms. The topological polar surface area (TPSA) is 111 Å². The Morgan fingerprint density at radius 3 is 2.21 bits per heavy atom. The van der Waals surface area contributed by atoms with Crippen molar-refractivity contribution in [2.45, 2.75) is 45.2 Å². The van der Waals surface area contributed by atoms with Crippen LogP contribution in [-0.4, -0.2) is 74.7 Å². The van der Waals surface area contributed by atoms with Crippen LogP contribution in [0, 0.1) is 5.92 Å². The van der Waals surface area contributed by atoms with Gasteiger partial charge in [0.1, 0.15) is 12.1 Å². The van der Waals surface area contributed by atoms with Crippen molar-refractivity contribution in [3.63, 3.8) is 0 Å². The molecule has 2 radical (unpaired) electrons. The lowest BCUT2D eigenvalue weighted by Gasteiger charge is -2.23. The van der Waals surface area contributed by atoms with Crippen LogP contribution in [0.4, 0.5) is 0 Å². The fourth-order valence-electron chi connectivity index (χ4n) is 2.11. The van der Waals surface area contributed by atoms with Gasteiger partial charge in [-0.2, -0.15) is 5.48 Å². The molecule has 0 aromatic carbocycles. The zero-order chi connectivity index (χ0) is 18.7. The van der Waals surface area contributed by atoms with Crippen LogP contribution in [-0.2, 0) is 14.4 Å². The summed E-state index contributed by atoms with van der Waals surface area (Å²) < 4.78 is 0. The number of rotatable bonds is 12.